The van der Waals surface area contributed by atoms with Crippen LogP contribution in [0.4, 0.5) is 8.78 Å². The average Bonchev–Trinajstić information content (AvgIpc) is 2.76. The zero-order valence-electron chi connectivity index (χ0n) is 17.8. The molecule has 31 heavy (non-hydrogen) atoms. The van der Waals surface area contributed by atoms with E-state index in [4.69, 9.17) is 0 Å². The Kier molecular flexibility index (Phi) is 6.46. The van der Waals surface area contributed by atoms with Gasteiger partial charge in [-0.05, 0) is 64.3 Å². The summed E-state index contributed by atoms with van der Waals surface area (Å²) in [6.07, 6.45) is 5.03. The summed E-state index contributed by atoms with van der Waals surface area (Å²) >= 11 is 0. The lowest BCUT2D eigenvalue weighted by atomic mass is 9.88. The van der Waals surface area contributed by atoms with Crippen LogP contribution in [0.2, 0.25) is 0 Å². The van der Waals surface area contributed by atoms with Crippen LogP contribution in [0.25, 0.3) is 0 Å². The fourth-order valence-electron chi connectivity index (χ4n) is 4.77. The van der Waals surface area contributed by atoms with Crippen molar-refractivity contribution in [3.05, 3.63) is 62.8 Å². The maximum atomic E-state index is 14.1. The second kappa shape index (κ2) is 9.26. The van der Waals surface area contributed by atoms with E-state index in [9.17, 15) is 18.8 Å². The molecule has 0 amide bonds. The Hall–Kier alpha value is -2.61. The van der Waals surface area contributed by atoms with Crippen molar-refractivity contribution in [2.75, 3.05) is 19.6 Å². The van der Waals surface area contributed by atoms with Gasteiger partial charge < -0.3 is 10.1 Å². The third-order valence-electron chi connectivity index (χ3n) is 6.55. The summed E-state index contributed by atoms with van der Waals surface area (Å²) in [5.41, 5.74) is 2.13. The molecule has 8 heteroatoms. The number of rotatable bonds is 5. The molecule has 2 aliphatic heterocycles. The van der Waals surface area contributed by atoms with Gasteiger partial charge in [-0.1, -0.05) is 5.16 Å². The van der Waals surface area contributed by atoms with Crippen LogP contribution in [0.15, 0.2) is 28.1 Å². The van der Waals surface area contributed by atoms with Crippen LogP contribution in [0.3, 0.4) is 0 Å². The molecule has 1 saturated heterocycles. The number of benzene rings is 1. The predicted octanol–water partition coefficient (Wildman–Crippen LogP) is 3.30. The number of piperidine rings is 1. The fourth-order valence-corrected chi connectivity index (χ4v) is 4.77. The minimum absolute atomic E-state index is 0.0959. The number of nitrogens with zero attached hydrogens (tertiary/aromatic N) is 4. The molecule has 1 N–H and O–H groups in total. The van der Waals surface area contributed by atoms with Gasteiger partial charge in [0.2, 0.25) is 0 Å². The van der Waals surface area contributed by atoms with Gasteiger partial charge in [0.1, 0.15) is 17.5 Å². The third kappa shape index (κ3) is 4.54. The summed E-state index contributed by atoms with van der Waals surface area (Å²) in [5, 5.41) is 12.8. The van der Waals surface area contributed by atoms with Crippen LogP contribution < -0.4 is 5.56 Å². The van der Waals surface area contributed by atoms with Crippen LogP contribution >= 0.6 is 0 Å². The first-order chi connectivity index (χ1) is 15.0. The van der Waals surface area contributed by atoms with Gasteiger partial charge in [-0.3, -0.25) is 9.36 Å². The lowest BCUT2D eigenvalue weighted by Crippen LogP contribution is -2.39. The van der Waals surface area contributed by atoms with Gasteiger partial charge in [0.05, 0.1) is 5.71 Å². The Morgan fingerprint density at radius 1 is 1.23 bits per heavy atom. The molecule has 0 aliphatic carbocycles. The largest absolute Gasteiger partial charge is 0.411 e. The third-order valence-corrected chi connectivity index (χ3v) is 6.55. The van der Waals surface area contributed by atoms with E-state index in [0.29, 0.717) is 19.3 Å². The first kappa shape index (κ1) is 21.6. The van der Waals surface area contributed by atoms with Crippen molar-refractivity contribution in [3.8, 4) is 0 Å². The second-order valence-electron chi connectivity index (χ2n) is 8.48. The zero-order valence-corrected chi connectivity index (χ0v) is 17.8. The van der Waals surface area contributed by atoms with Crippen molar-refractivity contribution >= 4 is 5.71 Å². The smallest absolute Gasteiger partial charge is 0.256 e. The van der Waals surface area contributed by atoms with E-state index in [2.05, 4.69) is 15.0 Å². The Balaban J connectivity index is 1.38. The zero-order chi connectivity index (χ0) is 22.0. The van der Waals surface area contributed by atoms with Crippen LogP contribution in [0.5, 0.6) is 0 Å². The quantitative estimate of drug-likeness (QED) is 0.449. The van der Waals surface area contributed by atoms with E-state index < -0.39 is 11.6 Å². The second-order valence-corrected chi connectivity index (χ2v) is 8.48. The molecule has 0 saturated carbocycles. The van der Waals surface area contributed by atoms with Crippen molar-refractivity contribution in [1.82, 2.24) is 14.5 Å². The van der Waals surface area contributed by atoms with Crippen molar-refractivity contribution in [1.29, 1.82) is 0 Å². The highest BCUT2D eigenvalue weighted by Crippen LogP contribution is 2.24. The summed E-state index contributed by atoms with van der Waals surface area (Å²) in [6.45, 7) is 4.93. The van der Waals surface area contributed by atoms with Gasteiger partial charge in [0.25, 0.3) is 5.56 Å². The SMILES string of the molecule is Cc1nc2n(c(=O)c1CCN1CCC(/C(=N/O)c3ccc(F)cc3F)CC1)CCCC2. The Bertz CT molecular complexity index is 1040. The first-order valence-corrected chi connectivity index (χ1v) is 11.0. The van der Waals surface area contributed by atoms with E-state index in [1.54, 1.807) is 0 Å². The van der Waals surface area contributed by atoms with Crippen molar-refractivity contribution < 1.29 is 14.0 Å². The summed E-state index contributed by atoms with van der Waals surface area (Å²) in [7, 11) is 0. The van der Waals surface area contributed by atoms with Crippen LogP contribution in [0.1, 0.15) is 48.3 Å². The molecule has 1 aromatic heterocycles. The molecule has 2 aliphatic rings. The van der Waals surface area contributed by atoms with E-state index in [-0.39, 0.29) is 22.8 Å². The summed E-state index contributed by atoms with van der Waals surface area (Å²) in [4.78, 5) is 19.8. The topological polar surface area (TPSA) is 70.7 Å². The number of likely N-dealkylation sites (tertiary alicyclic amines) is 1. The minimum atomic E-state index is -0.717. The molecular weight excluding hydrogens is 402 g/mol. The number of aryl methyl sites for hydroxylation is 2. The molecule has 166 valence electrons. The Morgan fingerprint density at radius 2 is 2.00 bits per heavy atom. The molecule has 4 rings (SSSR count). The van der Waals surface area contributed by atoms with Gasteiger partial charge in [0, 0.05) is 48.3 Å². The summed E-state index contributed by atoms with van der Waals surface area (Å²) < 4.78 is 29.2. The predicted molar refractivity (Wildman–Crippen MR) is 114 cm³/mol. The highest BCUT2D eigenvalue weighted by atomic mass is 19.1. The molecule has 6 nitrogen and oxygen atoms in total. The van der Waals surface area contributed by atoms with E-state index in [1.165, 1.54) is 12.1 Å². The highest BCUT2D eigenvalue weighted by Gasteiger charge is 2.27. The fraction of sp³-hybridized carbons (Fsp3) is 0.522. The van der Waals surface area contributed by atoms with Gasteiger partial charge in [0.15, 0.2) is 0 Å². The summed E-state index contributed by atoms with van der Waals surface area (Å²) in [6, 6.07) is 3.31. The number of fused-ring (bicyclic) bond motifs is 1. The Labute approximate surface area is 180 Å². The van der Waals surface area contributed by atoms with Crippen molar-refractivity contribution in [2.45, 2.75) is 52.0 Å². The highest BCUT2D eigenvalue weighted by molar-refractivity contribution is 6.02. The molecular formula is C23H28F2N4O2. The van der Waals surface area contributed by atoms with Gasteiger partial charge in [-0.25, -0.2) is 13.8 Å². The minimum Gasteiger partial charge on any atom is -0.411 e. The average molecular weight is 430 g/mol. The lowest BCUT2D eigenvalue weighted by molar-refractivity contribution is 0.208. The van der Waals surface area contributed by atoms with Gasteiger partial charge in [-0.15, -0.1) is 0 Å². The maximum absolute atomic E-state index is 14.1. The number of hydrogen-bond donors (Lipinski definition) is 1. The molecule has 0 radical (unpaired) electrons. The molecule has 1 aromatic carbocycles. The lowest BCUT2D eigenvalue weighted by Gasteiger charge is -2.32. The number of halogens is 2. The van der Waals surface area contributed by atoms with E-state index in [0.717, 1.165) is 68.6 Å². The monoisotopic (exact) mass is 430 g/mol. The maximum Gasteiger partial charge on any atom is 0.256 e. The molecule has 0 spiro atoms. The first-order valence-electron chi connectivity index (χ1n) is 11.0. The van der Waals surface area contributed by atoms with Crippen molar-refractivity contribution in [2.24, 2.45) is 11.1 Å². The van der Waals surface area contributed by atoms with Crippen molar-refractivity contribution in [3.63, 3.8) is 0 Å². The molecule has 2 aromatic rings. The Morgan fingerprint density at radius 3 is 2.71 bits per heavy atom. The van der Waals surface area contributed by atoms with Crippen LogP contribution in [0, 0.1) is 24.5 Å². The molecule has 0 unspecified atom stereocenters. The molecule has 1 fully saturated rings. The normalized spacial score (nSPS) is 18.2. The van der Waals surface area contributed by atoms with E-state index >= 15 is 0 Å². The molecule has 0 bridgehead atoms. The van der Waals surface area contributed by atoms with Gasteiger partial charge in [-0.2, -0.15) is 0 Å². The number of oxime groups is 1. The standard InChI is InChI=1S/C23H28F2N4O2/c1-15-18(23(30)29-10-3-2-4-21(29)26-15)9-13-28-11-7-16(8-12-28)22(27-31)19-6-5-17(24)14-20(19)25/h5-6,14,16,31H,2-4,7-13H2,1H3/b27-22-. The van der Waals surface area contributed by atoms with Gasteiger partial charge >= 0.3 is 0 Å². The van der Waals surface area contributed by atoms with E-state index in [1.807, 2.05) is 11.5 Å². The number of hydrogen-bond acceptors (Lipinski definition) is 5. The molecule has 3 heterocycles. The van der Waals surface area contributed by atoms with Crippen LogP contribution in [-0.2, 0) is 19.4 Å². The molecule has 0 atom stereocenters. The summed E-state index contributed by atoms with van der Waals surface area (Å²) in [5.74, 6) is -0.566. The van der Waals surface area contributed by atoms with Crippen LogP contribution in [-0.4, -0.2) is 45.0 Å². The number of aromatic nitrogens is 2.